The molecule has 1 heterocycles. The van der Waals surface area contributed by atoms with Gasteiger partial charge in [0.15, 0.2) is 0 Å². The second-order valence-electron chi connectivity index (χ2n) is 4.86. The molecule has 0 bridgehead atoms. The van der Waals surface area contributed by atoms with Gasteiger partial charge >= 0.3 is 5.97 Å². The summed E-state index contributed by atoms with van der Waals surface area (Å²) in [6.45, 7) is 3.95. The molecule has 0 amide bonds. The molecular weight excluding hydrogens is 329 g/mol. The maximum Gasteiger partial charge on any atom is 0.310 e. The van der Waals surface area contributed by atoms with Gasteiger partial charge in [-0.2, -0.15) is 0 Å². The highest BCUT2D eigenvalue weighted by Crippen LogP contribution is 2.23. The zero-order valence-corrected chi connectivity index (χ0v) is 12.8. The highest BCUT2D eigenvalue weighted by molar-refractivity contribution is 9.10. The minimum Gasteiger partial charge on any atom is -0.481 e. The molecule has 0 spiro atoms. The first kappa shape index (κ1) is 15.4. The molecule has 20 heavy (non-hydrogen) atoms. The van der Waals surface area contributed by atoms with Crippen LogP contribution in [0.1, 0.15) is 12.5 Å². The smallest absolute Gasteiger partial charge is 0.310 e. The first-order chi connectivity index (χ1) is 9.52. The Morgan fingerprint density at radius 2 is 2.30 bits per heavy atom. The average molecular weight is 346 g/mol. The van der Waals surface area contributed by atoms with Gasteiger partial charge in [-0.3, -0.25) is 9.69 Å². The summed E-state index contributed by atoms with van der Waals surface area (Å²) in [7, 11) is 0. The summed E-state index contributed by atoms with van der Waals surface area (Å²) < 4.78 is 19.0. The number of benzene rings is 1. The first-order valence-electron chi connectivity index (χ1n) is 6.51. The quantitative estimate of drug-likeness (QED) is 0.890. The molecule has 1 aliphatic rings. The number of hydrogen-bond donors (Lipinski definition) is 1. The maximum absolute atomic E-state index is 13.2. The van der Waals surface area contributed by atoms with Gasteiger partial charge in [0.05, 0.1) is 23.6 Å². The summed E-state index contributed by atoms with van der Waals surface area (Å²) in [4.78, 5) is 13.3. The van der Waals surface area contributed by atoms with Crippen LogP contribution in [0, 0.1) is 11.7 Å². The number of hydrogen-bond acceptors (Lipinski definition) is 3. The van der Waals surface area contributed by atoms with Crippen LogP contribution in [0.3, 0.4) is 0 Å². The summed E-state index contributed by atoms with van der Waals surface area (Å²) in [5.74, 6) is -1.63. The summed E-state index contributed by atoms with van der Waals surface area (Å²) in [5.41, 5.74) is 0.941. The van der Waals surface area contributed by atoms with Gasteiger partial charge in [-0.05, 0) is 40.2 Å². The molecule has 4 nitrogen and oxygen atoms in total. The van der Waals surface area contributed by atoms with Crippen LogP contribution >= 0.6 is 15.9 Å². The Labute approximate surface area is 125 Å². The fraction of sp³-hybridized carbons (Fsp3) is 0.500. The van der Waals surface area contributed by atoms with Crippen LogP contribution in [0.15, 0.2) is 22.7 Å². The van der Waals surface area contributed by atoms with E-state index in [2.05, 4.69) is 20.8 Å². The van der Waals surface area contributed by atoms with Crippen molar-refractivity contribution >= 4 is 21.9 Å². The number of carboxylic acid groups (broad SMARTS) is 1. The van der Waals surface area contributed by atoms with Crippen LogP contribution in [0.4, 0.5) is 4.39 Å². The highest BCUT2D eigenvalue weighted by atomic mass is 79.9. The minimum atomic E-state index is -0.828. The molecule has 0 radical (unpaired) electrons. The monoisotopic (exact) mass is 345 g/mol. The fourth-order valence-corrected chi connectivity index (χ4v) is 2.90. The maximum atomic E-state index is 13.2. The van der Waals surface area contributed by atoms with E-state index in [0.29, 0.717) is 24.2 Å². The number of nitrogens with zero attached hydrogens (tertiary/aromatic N) is 1. The average Bonchev–Trinajstić information content (AvgIpc) is 2.89. The third-order valence-corrected chi connectivity index (χ3v) is 4.22. The van der Waals surface area contributed by atoms with E-state index in [1.165, 1.54) is 6.07 Å². The molecule has 1 fully saturated rings. The van der Waals surface area contributed by atoms with Gasteiger partial charge < -0.3 is 9.84 Å². The van der Waals surface area contributed by atoms with Crippen molar-refractivity contribution in [2.75, 3.05) is 19.8 Å². The second kappa shape index (κ2) is 6.65. The van der Waals surface area contributed by atoms with E-state index >= 15 is 0 Å². The van der Waals surface area contributed by atoms with Crippen LogP contribution in [-0.4, -0.2) is 41.8 Å². The molecule has 0 aromatic heterocycles. The van der Waals surface area contributed by atoms with E-state index < -0.39 is 11.9 Å². The number of likely N-dealkylation sites (N-methyl/N-ethyl adjacent to an activating group) is 1. The third-order valence-electron chi connectivity index (χ3n) is 3.61. The van der Waals surface area contributed by atoms with Gasteiger partial charge in [0.2, 0.25) is 0 Å². The Bertz CT molecular complexity index is 497. The van der Waals surface area contributed by atoms with E-state index in [9.17, 15) is 14.3 Å². The molecule has 1 aliphatic heterocycles. The third kappa shape index (κ3) is 3.37. The van der Waals surface area contributed by atoms with Crippen molar-refractivity contribution in [1.82, 2.24) is 4.90 Å². The second-order valence-corrected chi connectivity index (χ2v) is 5.72. The Balaban J connectivity index is 2.12. The SMILES string of the molecule is CCN(Cc1ccc(F)c(Br)c1)C1COCC1C(=O)O. The molecule has 0 saturated carbocycles. The predicted octanol–water partition coefficient (Wildman–Crippen LogP) is 2.51. The zero-order valence-electron chi connectivity index (χ0n) is 11.2. The number of halogens is 2. The minimum absolute atomic E-state index is 0.138. The van der Waals surface area contributed by atoms with E-state index in [4.69, 9.17) is 4.74 Å². The summed E-state index contributed by atoms with van der Waals surface area (Å²) in [6.07, 6.45) is 0. The first-order valence-corrected chi connectivity index (χ1v) is 7.30. The van der Waals surface area contributed by atoms with Crippen molar-refractivity contribution in [3.63, 3.8) is 0 Å². The summed E-state index contributed by atoms with van der Waals surface area (Å²) in [5, 5.41) is 9.21. The number of carboxylic acids is 1. The molecule has 1 aromatic rings. The highest BCUT2D eigenvalue weighted by Gasteiger charge is 2.37. The van der Waals surface area contributed by atoms with E-state index in [-0.39, 0.29) is 18.5 Å². The van der Waals surface area contributed by atoms with Gasteiger partial charge in [0.25, 0.3) is 0 Å². The van der Waals surface area contributed by atoms with Crippen LogP contribution < -0.4 is 0 Å². The lowest BCUT2D eigenvalue weighted by atomic mass is 10.0. The molecule has 1 N–H and O–H groups in total. The lowest BCUT2D eigenvalue weighted by Gasteiger charge is -2.29. The Morgan fingerprint density at radius 1 is 1.55 bits per heavy atom. The molecule has 1 saturated heterocycles. The number of aliphatic carboxylic acids is 1. The Morgan fingerprint density at radius 3 is 2.90 bits per heavy atom. The van der Waals surface area contributed by atoms with Gasteiger partial charge in [0, 0.05) is 12.6 Å². The molecule has 110 valence electrons. The van der Waals surface area contributed by atoms with Crippen LogP contribution in [0.25, 0.3) is 0 Å². The van der Waals surface area contributed by atoms with Crippen LogP contribution in [-0.2, 0) is 16.1 Å². The van der Waals surface area contributed by atoms with Crippen molar-refractivity contribution in [3.8, 4) is 0 Å². The Hall–Kier alpha value is -0.980. The van der Waals surface area contributed by atoms with Gasteiger partial charge in [0.1, 0.15) is 5.82 Å². The lowest BCUT2D eigenvalue weighted by Crippen LogP contribution is -2.42. The molecule has 6 heteroatoms. The van der Waals surface area contributed by atoms with Crippen molar-refractivity contribution in [2.45, 2.75) is 19.5 Å². The van der Waals surface area contributed by atoms with Crippen molar-refractivity contribution in [3.05, 3.63) is 34.1 Å². The Kier molecular flexibility index (Phi) is 5.12. The van der Waals surface area contributed by atoms with Gasteiger partial charge in [-0.15, -0.1) is 0 Å². The molecule has 1 aromatic carbocycles. The van der Waals surface area contributed by atoms with Crippen LogP contribution in [0.2, 0.25) is 0 Å². The van der Waals surface area contributed by atoms with Crippen molar-refractivity contribution < 1.29 is 19.0 Å². The van der Waals surface area contributed by atoms with Gasteiger partial charge in [-0.1, -0.05) is 13.0 Å². The largest absolute Gasteiger partial charge is 0.481 e. The summed E-state index contributed by atoms with van der Waals surface area (Å²) in [6, 6.07) is 4.71. The number of ether oxygens (including phenoxy) is 1. The normalized spacial score (nSPS) is 22.4. The van der Waals surface area contributed by atoms with E-state index in [1.54, 1.807) is 12.1 Å². The lowest BCUT2D eigenvalue weighted by molar-refractivity contribution is -0.143. The zero-order chi connectivity index (χ0) is 14.7. The van der Waals surface area contributed by atoms with Crippen molar-refractivity contribution in [1.29, 1.82) is 0 Å². The molecule has 2 rings (SSSR count). The van der Waals surface area contributed by atoms with E-state index in [0.717, 1.165) is 5.56 Å². The van der Waals surface area contributed by atoms with Crippen LogP contribution in [0.5, 0.6) is 0 Å². The molecule has 2 unspecified atom stereocenters. The van der Waals surface area contributed by atoms with Crippen molar-refractivity contribution in [2.24, 2.45) is 5.92 Å². The van der Waals surface area contributed by atoms with E-state index in [1.807, 2.05) is 6.92 Å². The van der Waals surface area contributed by atoms with Gasteiger partial charge in [-0.25, -0.2) is 4.39 Å². The summed E-state index contributed by atoms with van der Waals surface area (Å²) >= 11 is 3.16. The standard InChI is InChI=1S/C14H17BrFNO3/c1-2-17(13-8-20-7-10(13)14(18)19)6-9-3-4-12(16)11(15)5-9/h3-5,10,13H,2,6-8H2,1H3,(H,18,19). The molecular formula is C14H17BrFNO3. The molecule has 2 atom stereocenters. The topological polar surface area (TPSA) is 49.8 Å². The number of rotatable bonds is 5. The number of carbonyl (C=O) groups is 1. The predicted molar refractivity (Wildman–Crippen MR) is 75.9 cm³/mol. The molecule has 0 aliphatic carbocycles. The fourth-order valence-electron chi connectivity index (χ4n) is 2.47.